The Kier molecular flexibility index (Phi) is 6.74. The number of benzene rings is 1. The minimum atomic E-state index is 0.470. The van der Waals surface area contributed by atoms with Gasteiger partial charge < -0.3 is 5.32 Å². The first kappa shape index (κ1) is 14.3. The summed E-state index contributed by atoms with van der Waals surface area (Å²) in [7, 11) is 0. The van der Waals surface area contributed by atoms with E-state index in [9.17, 15) is 0 Å². The Morgan fingerprint density at radius 1 is 1.44 bits per heavy atom. The fraction of sp³-hybridized carbons (Fsp3) is 0.500. The second-order valence-electron chi connectivity index (χ2n) is 3.70. The van der Waals surface area contributed by atoms with Crippen LogP contribution in [0.15, 0.2) is 22.7 Å². The molecule has 1 nitrogen and oxygen atoms in total. The predicted molar refractivity (Wildman–Crippen MR) is 75.4 cm³/mol. The third kappa shape index (κ3) is 4.62. The van der Waals surface area contributed by atoms with E-state index in [1.54, 1.807) is 0 Å². The van der Waals surface area contributed by atoms with Crippen LogP contribution < -0.4 is 5.32 Å². The molecule has 0 radical (unpaired) electrons. The molecule has 1 aromatic rings. The zero-order valence-corrected chi connectivity index (χ0v) is 12.4. The normalized spacial score (nSPS) is 12.8. The molecule has 0 saturated heterocycles. The summed E-state index contributed by atoms with van der Waals surface area (Å²) in [6.07, 6.45) is 2.08. The van der Waals surface area contributed by atoms with Crippen molar-refractivity contribution in [1.82, 2.24) is 5.32 Å². The summed E-state index contributed by atoms with van der Waals surface area (Å²) in [6, 6.07) is 6.43. The van der Waals surface area contributed by atoms with Gasteiger partial charge in [-0.2, -0.15) is 0 Å². The summed E-state index contributed by atoms with van der Waals surface area (Å²) in [4.78, 5) is 0. The molecule has 1 rings (SSSR count). The number of rotatable bonds is 6. The van der Waals surface area contributed by atoms with E-state index in [0.29, 0.717) is 11.9 Å². The van der Waals surface area contributed by atoms with Gasteiger partial charge in [0.15, 0.2) is 0 Å². The third-order valence-corrected chi connectivity index (χ3v) is 3.61. The largest absolute Gasteiger partial charge is 0.310 e. The van der Waals surface area contributed by atoms with Crippen molar-refractivity contribution < 1.29 is 0 Å². The molecule has 0 fully saturated rings. The Labute approximate surface area is 116 Å². The van der Waals surface area contributed by atoms with E-state index < -0.39 is 0 Å². The van der Waals surface area contributed by atoms with Gasteiger partial charge in [0, 0.05) is 28.0 Å². The quantitative estimate of drug-likeness (QED) is 0.754. The molecule has 0 saturated carbocycles. The lowest BCUT2D eigenvalue weighted by Gasteiger charge is -2.16. The maximum Gasteiger partial charge on any atom is 0.0462 e. The first-order chi connectivity index (χ1) is 7.67. The average molecular weight is 325 g/mol. The molecule has 1 atom stereocenters. The molecule has 0 aliphatic carbocycles. The van der Waals surface area contributed by atoms with Crippen LogP contribution in [0.4, 0.5) is 0 Å². The van der Waals surface area contributed by atoms with Gasteiger partial charge in [-0.15, -0.1) is 11.6 Å². The van der Waals surface area contributed by atoms with Gasteiger partial charge in [0.05, 0.1) is 0 Å². The highest BCUT2D eigenvalue weighted by Gasteiger charge is 2.06. The van der Waals surface area contributed by atoms with Crippen LogP contribution in [0.25, 0.3) is 0 Å². The first-order valence-electron chi connectivity index (χ1n) is 5.40. The summed E-state index contributed by atoms with van der Waals surface area (Å²) >= 11 is 15.3. The van der Waals surface area contributed by atoms with Crippen molar-refractivity contribution in [2.75, 3.05) is 5.88 Å². The zero-order valence-electron chi connectivity index (χ0n) is 9.27. The Bertz CT molecular complexity index is 331. The molecule has 90 valence electrons. The Balaban J connectivity index is 2.53. The van der Waals surface area contributed by atoms with Gasteiger partial charge in [0.2, 0.25) is 0 Å². The highest BCUT2D eigenvalue weighted by Crippen LogP contribution is 2.21. The Morgan fingerprint density at radius 2 is 2.19 bits per heavy atom. The molecule has 0 amide bonds. The number of hydrogen-bond donors (Lipinski definition) is 1. The first-order valence-corrected chi connectivity index (χ1v) is 7.11. The summed E-state index contributed by atoms with van der Waals surface area (Å²) in [5.74, 6) is 0.694. The van der Waals surface area contributed by atoms with E-state index in [4.69, 9.17) is 23.2 Å². The fourth-order valence-corrected chi connectivity index (χ4v) is 2.51. The van der Waals surface area contributed by atoms with Crippen molar-refractivity contribution in [3.8, 4) is 0 Å². The summed E-state index contributed by atoms with van der Waals surface area (Å²) in [5, 5.41) is 4.26. The second-order valence-corrected chi connectivity index (χ2v) is 5.40. The molecule has 0 aliphatic rings. The van der Waals surface area contributed by atoms with Crippen LogP contribution >= 0.6 is 39.1 Å². The van der Waals surface area contributed by atoms with Crippen molar-refractivity contribution in [2.24, 2.45) is 0 Å². The van der Waals surface area contributed by atoms with Crippen molar-refractivity contribution in [1.29, 1.82) is 0 Å². The van der Waals surface area contributed by atoms with Crippen LogP contribution in [-0.4, -0.2) is 11.9 Å². The minimum Gasteiger partial charge on any atom is -0.310 e. The molecular formula is C12H16BrCl2N. The monoisotopic (exact) mass is 323 g/mol. The van der Waals surface area contributed by atoms with E-state index in [0.717, 1.165) is 34.4 Å². The maximum atomic E-state index is 6.14. The standard InChI is InChI=1S/C12H16BrCl2N/c1-2-11(5-6-14)16-8-9-3-4-10(13)7-12(9)15/h3-4,7,11,16H,2,5-6,8H2,1H3. The minimum absolute atomic E-state index is 0.470. The lowest BCUT2D eigenvalue weighted by atomic mass is 10.1. The van der Waals surface area contributed by atoms with Crippen molar-refractivity contribution >= 4 is 39.1 Å². The molecule has 0 aromatic heterocycles. The van der Waals surface area contributed by atoms with E-state index >= 15 is 0 Å². The van der Waals surface area contributed by atoms with Crippen LogP contribution in [0.5, 0.6) is 0 Å². The number of hydrogen-bond acceptors (Lipinski definition) is 1. The molecular weight excluding hydrogens is 309 g/mol. The van der Waals surface area contributed by atoms with Gasteiger partial charge in [-0.25, -0.2) is 0 Å². The lowest BCUT2D eigenvalue weighted by molar-refractivity contribution is 0.486. The average Bonchev–Trinajstić information content (AvgIpc) is 2.26. The molecule has 0 heterocycles. The van der Waals surface area contributed by atoms with E-state index in [1.807, 2.05) is 18.2 Å². The molecule has 4 heteroatoms. The topological polar surface area (TPSA) is 12.0 Å². The summed E-state index contributed by atoms with van der Waals surface area (Å²) in [5.41, 5.74) is 1.12. The molecule has 0 bridgehead atoms. The van der Waals surface area contributed by atoms with Crippen molar-refractivity contribution in [3.63, 3.8) is 0 Å². The molecule has 0 spiro atoms. The van der Waals surface area contributed by atoms with Gasteiger partial charge in [-0.05, 0) is 30.5 Å². The number of alkyl halides is 1. The SMILES string of the molecule is CCC(CCCl)NCc1ccc(Br)cc1Cl. The van der Waals surface area contributed by atoms with Gasteiger partial charge in [-0.1, -0.05) is 40.5 Å². The smallest absolute Gasteiger partial charge is 0.0462 e. The molecule has 0 aliphatic heterocycles. The Morgan fingerprint density at radius 3 is 2.75 bits per heavy atom. The van der Waals surface area contributed by atoms with Crippen molar-refractivity contribution in [2.45, 2.75) is 32.4 Å². The molecule has 16 heavy (non-hydrogen) atoms. The number of halogens is 3. The fourth-order valence-electron chi connectivity index (χ4n) is 1.50. The van der Waals surface area contributed by atoms with Gasteiger partial charge in [0.1, 0.15) is 0 Å². The lowest BCUT2D eigenvalue weighted by Crippen LogP contribution is -2.28. The van der Waals surface area contributed by atoms with Crippen molar-refractivity contribution in [3.05, 3.63) is 33.3 Å². The van der Waals surface area contributed by atoms with E-state index in [2.05, 4.69) is 28.2 Å². The van der Waals surface area contributed by atoms with Gasteiger partial charge in [-0.3, -0.25) is 0 Å². The number of nitrogens with one attached hydrogen (secondary N) is 1. The van der Waals surface area contributed by atoms with Crippen LogP contribution in [0.3, 0.4) is 0 Å². The van der Waals surface area contributed by atoms with Gasteiger partial charge in [0.25, 0.3) is 0 Å². The molecule has 1 aromatic carbocycles. The van der Waals surface area contributed by atoms with Crippen LogP contribution in [0.2, 0.25) is 5.02 Å². The second kappa shape index (κ2) is 7.54. The van der Waals surface area contributed by atoms with Gasteiger partial charge >= 0.3 is 0 Å². The summed E-state index contributed by atoms with van der Waals surface area (Å²) < 4.78 is 1.01. The van der Waals surface area contributed by atoms with Crippen LogP contribution in [0.1, 0.15) is 25.3 Å². The Hall–Kier alpha value is 0.240. The van der Waals surface area contributed by atoms with E-state index in [1.165, 1.54) is 0 Å². The zero-order chi connectivity index (χ0) is 12.0. The highest BCUT2D eigenvalue weighted by atomic mass is 79.9. The van der Waals surface area contributed by atoms with Crippen LogP contribution in [0, 0.1) is 0 Å². The molecule has 1 unspecified atom stereocenters. The summed E-state index contributed by atoms with van der Waals surface area (Å²) in [6.45, 7) is 2.95. The van der Waals surface area contributed by atoms with Crippen LogP contribution in [-0.2, 0) is 6.54 Å². The predicted octanol–water partition coefficient (Wildman–Crippen LogP) is 4.60. The molecule has 1 N–H and O–H groups in total. The van der Waals surface area contributed by atoms with E-state index in [-0.39, 0.29) is 0 Å². The maximum absolute atomic E-state index is 6.14. The highest BCUT2D eigenvalue weighted by molar-refractivity contribution is 9.10. The third-order valence-electron chi connectivity index (χ3n) is 2.55.